The molecule has 3 nitrogen and oxygen atoms in total. The van der Waals surface area contributed by atoms with E-state index in [1.807, 2.05) is 0 Å². The van der Waals surface area contributed by atoms with Gasteiger partial charge in [-0.2, -0.15) is 0 Å². The quantitative estimate of drug-likeness (QED) is 0.939. The van der Waals surface area contributed by atoms with Crippen LogP contribution in [-0.4, -0.2) is 26.2 Å². The van der Waals surface area contributed by atoms with Gasteiger partial charge in [0.1, 0.15) is 0 Å². The van der Waals surface area contributed by atoms with Gasteiger partial charge in [0, 0.05) is 44.1 Å². The SMILES string of the molecule is Cc1cccc(N2CCN(c3ccc(CN)cc3)CC2)c1. The summed E-state index contributed by atoms with van der Waals surface area (Å²) in [5, 5.41) is 0. The molecule has 2 aromatic rings. The van der Waals surface area contributed by atoms with Crippen LogP contribution in [0.4, 0.5) is 11.4 Å². The lowest BCUT2D eigenvalue weighted by molar-refractivity contribution is 0.653. The van der Waals surface area contributed by atoms with Crippen molar-refractivity contribution in [3.05, 3.63) is 59.7 Å². The van der Waals surface area contributed by atoms with Crippen molar-refractivity contribution in [2.24, 2.45) is 5.73 Å². The average molecular weight is 281 g/mol. The molecular formula is C18H23N3. The molecule has 1 heterocycles. The Kier molecular flexibility index (Phi) is 4.11. The Balaban J connectivity index is 1.64. The Morgan fingerprint density at radius 1 is 0.857 bits per heavy atom. The van der Waals surface area contributed by atoms with Crippen LogP contribution in [0.5, 0.6) is 0 Å². The zero-order chi connectivity index (χ0) is 14.7. The Labute approximate surface area is 127 Å². The maximum absolute atomic E-state index is 5.65. The van der Waals surface area contributed by atoms with E-state index >= 15 is 0 Å². The standard InChI is InChI=1S/C18H23N3/c1-15-3-2-4-18(13-15)21-11-9-20(10-12-21)17-7-5-16(14-19)6-8-17/h2-8,13H,9-12,14,19H2,1H3. The minimum atomic E-state index is 0.613. The highest BCUT2D eigenvalue weighted by molar-refractivity contribution is 5.53. The average Bonchev–Trinajstić information content (AvgIpc) is 2.55. The van der Waals surface area contributed by atoms with Crippen molar-refractivity contribution in [1.29, 1.82) is 0 Å². The maximum Gasteiger partial charge on any atom is 0.0370 e. The van der Waals surface area contributed by atoms with Gasteiger partial charge in [-0.05, 0) is 42.3 Å². The highest BCUT2D eigenvalue weighted by Crippen LogP contribution is 2.21. The molecule has 0 atom stereocenters. The fraction of sp³-hybridized carbons (Fsp3) is 0.333. The Morgan fingerprint density at radius 3 is 2.05 bits per heavy atom. The molecule has 3 rings (SSSR count). The smallest absolute Gasteiger partial charge is 0.0370 e. The van der Waals surface area contributed by atoms with Crippen LogP contribution >= 0.6 is 0 Å². The van der Waals surface area contributed by atoms with E-state index < -0.39 is 0 Å². The minimum absolute atomic E-state index is 0.613. The molecule has 0 aliphatic carbocycles. The number of hydrogen-bond acceptors (Lipinski definition) is 3. The molecular weight excluding hydrogens is 258 g/mol. The summed E-state index contributed by atoms with van der Waals surface area (Å²) in [5.74, 6) is 0. The molecule has 1 saturated heterocycles. The molecule has 0 bridgehead atoms. The second-order valence-corrected chi connectivity index (χ2v) is 5.68. The lowest BCUT2D eigenvalue weighted by atomic mass is 10.1. The first-order valence-electron chi connectivity index (χ1n) is 7.62. The molecule has 2 N–H and O–H groups in total. The van der Waals surface area contributed by atoms with Gasteiger partial charge in [-0.15, -0.1) is 0 Å². The normalized spacial score (nSPS) is 15.3. The van der Waals surface area contributed by atoms with Gasteiger partial charge < -0.3 is 15.5 Å². The van der Waals surface area contributed by atoms with Crippen LogP contribution in [0.3, 0.4) is 0 Å². The van der Waals surface area contributed by atoms with Crippen molar-refractivity contribution in [1.82, 2.24) is 0 Å². The predicted molar refractivity (Wildman–Crippen MR) is 89.9 cm³/mol. The van der Waals surface area contributed by atoms with Gasteiger partial charge in [-0.1, -0.05) is 24.3 Å². The zero-order valence-corrected chi connectivity index (χ0v) is 12.6. The monoisotopic (exact) mass is 281 g/mol. The van der Waals surface area contributed by atoms with Gasteiger partial charge in [-0.3, -0.25) is 0 Å². The van der Waals surface area contributed by atoms with E-state index in [-0.39, 0.29) is 0 Å². The van der Waals surface area contributed by atoms with E-state index in [4.69, 9.17) is 5.73 Å². The second-order valence-electron chi connectivity index (χ2n) is 5.68. The van der Waals surface area contributed by atoms with Crippen LogP contribution in [0.1, 0.15) is 11.1 Å². The summed E-state index contributed by atoms with van der Waals surface area (Å²) in [6.45, 7) is 7.04. The molecule has 110 valence electrons. The van der Waals surface area contributed by atoms with Crippen LogP contribution < -0.4 is 15.5 Å². The molecule has 0 radical (unpaired) electrons. The number of rotatable bonds is 3. The van der Waals surface area contributed by atoms with Crippen molar-refractivity contribution in [2.75, 3.05) is 36.0 Å². The van der Waals surface area contributed by atoms with Gasteiger partial charge in [0.25, 0.3) is 0 Å². The van der Waals surface area contributed by atoms with Gasteiger partial charge in [-0.25, -0.2) is 0 Å². The fourth-order valence-corrected chi connectivity index (χ4v) is 2.89. The van der Waals surface area contributed by atoms with Crippen molar-refractivity contribution in [3.8, 4) is 0 Å². The van der Waals surface area contributed by atoms with Crippen molar-refractivity contribution in [3.63, 3.8) is 0 Å². The summed E-state index contributed by atoms with van der Waals surface area (Å²) in [4.78, 5) is 4.92. The second kappa shape index (κ2) is 6.19. The third kappa shape index (κ3) is 3.19. The third-order valence-electron chi connectivity index (χ3n) is 4.18. The first-order valence-corrected chi connectivity index (χ1v) is 7.62. The van der Waals surface area contributed by atoms with Crippen LogP contribution in [0.15, 0.2) is 48.5 Å². The molecule has 0 saturated carbocycles. The molecule has 1 aliphatic heterocycles. The van der Waals surface area contributed by atoms with E-state index in [1.54, 1.807) is 0 Å². The van der Waals surface area contributed by atoms with E-state index in [9.17, 15) is 0 Å². The Hall–Kier alpha value is -2.00. The molecule has 0 amide bonds. The summed E-state index contributed by atoms with van der Waals surface area (Å²) in [6.07, 6.45) is 0. The fourth-order valence-electron chi connectivity index (χ4n) is 2.89. The Bertz CT molecular complexity index is 584. The first-order chi connectivity index (χ1) is 10.3. The lowest BCUT2D eigenvalue weighted by Gasteiger charge is -2.37. The van der Waals surface area contributed by atoms with E-state index in [2.05, 4.69) is 65.3 Å². The van der Waals surface area contributed by atoms with Crippen molar-refractivity contribution >= 4 is 11.4 Å². The number of anilines is 2. The minimum Gasteiger partial charge on any atom is -0.368 e. The molecule has 1 fully saturated rings. The van der Waals surface area contributed by atoms with E-state index in [1.165, 1.54) is 22.5 Å². The van der Waals surface area contributed by atoms with Crippen LogP contribution in [-0.2, 0) is 6.54 Å². The summed E-state index contributed by atoms with van der Waals surface area (Å²) >= 11 is 0. The van der Waals surface area contributed by atoms with Gasteiger partial charge in [0.2, 0.25) is 0 Å². The largest absolute Gasteiger partial charge is 0.368 e. The number of benzene rings is 2. The lowest BCUT2D eigenvalue weighted by Crippen LogP contribution is -2.46. The summed E-state index contributed by atoms with van der Waals surface area (Å²) in [7, 11) is 0. The van der Waals surface area contributed by atoms with Gasteiger partial charge in [0.05, 0.1) is 0 Å². The van der Waals surface area contributed by atoms with E-state index in [0.29, 0.717) is 6.54 Å². The highest BCUT2D eigenvalue weighted by Gasteiger charge is 2.17. The molecule has 0 unspecified atom stereocenters. The van der Waals surface area contributed by atoms with Crippen LogP contribution in [0.2, 0.25) is 0 Å². The van der Waals surface area contributed by atoms with Crippen LogP contribution in [0.25, 0.3) is 0 Å². The number of nitrogens with zero attached hydrogens (tertiary/aromatic N) is 2. The zero-order valence-electron chi connectivity index (χ0n) is 12.6. The summed E-state index contributed by atoms with van der Waals surface area (Å²) < 4.78 is 0. The predicted octanol–water partition coefficient (Wildman–Crippen LogP) is 2.78. The highest BCUT2D eigenvalue weighted by atomic mass is 15.3. The first kappa shape index (κ1) is 14.0. The molecule has 21 heavy (non-hydrogen) atoms. The maximum atomic E-state index is 5.65. The molecule has 3 heteroatoms. The molecule has 0 aromatic heterocycles. The molecule has 0 spiro atoms. The topological polar surface area (TPSA) is 32.5 Å². The summed E-state index contributed by atoms with van der Waals surface area (Å²) in [6, 6.07) is 17.4. The summed E-state index contributed by atoms with van der Waals surface area (Å²) in [5.41, 5.74) is 10.8. The van der Waals surface area contributed by atoms with Crippen molar-refractivity contribution < 1.29 is 0 Å². The molecule has 2 aromatic carbocycles. The number of piperazine rings is 1. The number of nitrogens with two attached hydrogens (primary N) is 1. The number of aryl methyl sites for hydroxylation is 1. The van der Waals surface area contributed by atoms with Crippen LogP contribution in [0, 0.1) is 6.92 Å². The molecule has 1 aliphatic rings. The number of hydrogen-bond donors (Lipinski definition) is 1. The van der Waals surface area contributed by atoms with Crippen molar-refractivity contribution in [2.45, 2.75) is 13.5 Å². The Morgan fingerprint density at radius 2 is 1.48 bits per heavy atom. The van der Waals surface area contributed by atoms with Gasteiger partial charge >= 0.3 is 0 Å². The van der Waals surface area contributed by atoms with Gasteiger partial charge in [0.15, 0.2) is 0 Å². The third-order valence-corrected chi connectivity index (χ3v) is 4.18. The van der Waals surface area contributed by atoms with E-state index in [0.717, 1.165) is 26.2 Å².